The van der Waals surface area contributed by atoms with E-state index in [1.807, 2.05) is 20.8 Å². The number of nitrogens with zero attached hydrogens (tertiary/aromatic N) is 1. The molecule has 0 saturated carbocycles. The Morgan fingerprint density at radius 3 is 2.52 bits per heavy atom. The van der Waals surface area contributed by atoms with Crippen molar-refractivity contribution in [3.8, 4) is 0 Å². The minimum atomic E-state index is -0.465. The van der Waals surface area contributed by atoms with Crippen LogP contribution in [0.25, 0.3) is 0 Å². The Morgan fingerprint density at radius 1 is 1.33 bits per heavy atom. The van der Waals surface area contributed by atoms with Crippen LogP contribution in [0, 0.1) is 11.7 Å². The van der Waals surface area contributed by atoms with Crippen LogP contribution in [0.1, 0.15) is 39.2 Å². The molecule has 0 aliphatic carbocycles. The lowest BCUT2D eigenvalue weighted by molar-refractivity contribution is -0.145. The van der Waals surface area contributed by atoms with Gasteiger partial charge in [0.25, 0.3) is 5.91 Å². The van der Waals surface area contributed by atoms with Crippen LogP contribution in [-0.2, 0) is 16.1 Å². The summed E-state index contributed by atoms with van der Waals surface area (Å²) in [4.78, 5) is 14.4. The van der Waals surface area contributed by atoms with Gasteiger partial charge in [-0.3, -0.25) is 4.79 Å². The van der Waals surface area contributed by atoms with Crippen molar-refractivity contribution in [3.05, 3.63) is 35.6 Å². The fourth-order valence-electron chi connectivity index (χ4n) is 2.34. The molecule has 4 heteroatoms. The highest BCUT2D eigenvalue weighted by atomic mass is 19.1. The van der Waals surface area contributed by atoms with Crippen LogP contribution >= 0.6 is 0 Å². The summed E-state index contributed by atoms with van der Waals surface area (Å²) in [7, 11) is 1.56. The highest BCUT2D eigenvalue weighted by Gasteiger charge is 2.28. The third-order valence-electron chi connectivity index (χ3n) is 3.78. The Bertz CT molecular complexity index is 450. The normalized spacial score (nSPS) is 13.8. The van der Waals surface area contributed by atoms with E-state index in [0.717, 1.165) is 12.8 Å². The van der Waals surface area contributed by atoms with Gasteiger partial charge in [-0.05, 0) is 18.4 Å². The van der Waals surface area contributed by atoms with Gasteiger partial charge in [0.05, 0.1) is 0 Å². The summed E-state index contributed by atoms with van der Waals surface area (Å²) in [6, 6.07) is 6.58. The van der Waals surface area contributed by atoms with Crippen molar-refractivity contribution < 1.29 is 13.9 Å². The molecule has 3 nitrogen and oxygen atoms in total. The summed E-state index contributed by atoms with van der Waals surface area (Å²) in [6.07, 6.45) is 1.23. The molecule has 0 spiro atoms. The van der Waals surface area contributed by atoms with Gasteiger partial charge in [0.15, 0.2) is 0 Å². The second-order valence-electron chi connectivity index (χ2n) is 5.39. The van der Waals surface area contributed by atoms with Crippen LogP contribution < -0.4 is 0 Å². The third-order valence-corrected chi connectivity index (χ3v) is 3.78. The maximum Gasteiger partial charge on any atom is 0.252 e. The molecule has 0 fully saturated rings. The van der Waals surface area contributed by atoms with E-state index >= 15 is 0 Å². The molecule has 0 bridgehead atoms. The van der Waals surface area contributed by atoms with Crippen LogP contribution in [0.3, 0.4) is 0 Å². The first-order valence-electron chi connectivity index (χ1n) is 7.60. The standard InChI is InChI=1S/C17H26FNO2/c1-5-11-19(12-14-9-7-8-10-15(14)18)17(20)16(21-4)13(3)6-2/h7-10,13,16H,5-6,11-12H2,1-4H3. The molecular weight excluding hydrogens is 269 g/mol. The number of hydrogen-bond donors (Lipinski definition) is 0. The topological polar surface area (TPSA) is 29.5 Å². The monoisotopic (exact) mass is 295 g/mol. The smallest absolute Gasteiger partial charge is 0.252 e. The number of halogens is 1. The molecular formula is C17H26FNO2. The summed E-state index contributed by atoms with van der Waals surface area (Å²) in [5.74, 6) is -0.191. The average molecular weight is 295 g/mol. The van der Waals surface area contributed by atoms with Gasteiger partial charge in [-0.25, -0.2) is 4.39 Å². The summed E-state index contributed by atoms with van der Waals surface area (Å²) < 4.78 is 19.2. The predicted molar refractivity (Wildman–Crippen MR) is 82.4 cm³/mol. The van der Waals surface area contributed by atoms with E-state index in [2.05, 4.69) is 0 Å². The molecule has 0 heterocycles. The second-order valence-corrected chi connectivity index (χ2v) is 5.39. The fourth-order valence-corrected chi connectivity index (χ4v) is 2.34. The first kappa shape index (κ1) is 17.6. The summed E-state index contributed by atoms with van der Waals surface area (Å²) in [5, 5.41) is 0. The quantitative estimate of drug-likeness (QED) is 0.733. The molecule has 0 N–H and O–H groups in total. The van der Waals surface area contributed by atoms with Crippen LogP contribution in [0.5, 0.6) is 0 Å². The molecule has 0 aromatic heterocycles. The second kappa shape index (κ2) is 8.78. The van der Waals surface area contributed by atoms with Crippen molar-refractivity contribution in [2.24, 2.45) is 5.92 Å². The Balaban J connectivity index is 2.90. The third kappa shape index (κ3) is 4.81. The maximum absolute atomic E-state index is 13.8. The minimum Gasteiger partial charge on any atom is -0.371 e. The Labute approximate surface area is 127 Å². The highest BCUT2D eigenvalue weighted by Crippen LogP contribution is 2.17. The van der Waals surface area contributed by atoms with Gasteiger partial charge < -0.3 is 9.64 Å². The SMILES string of the molecule is CCCN(Cc1ccccc1F)C(=O)C(OC)C(C)CC. The molecule has 0 aliphatic heterocycles. The number of carbonyl (C=O) groups is 1. The van der Waals surface area contributed by atoms with Crippen molar-refractivity contribution in [1.29, 1.82) is 0 Å². The number of ether oxygens (including phenoxy) is 1. The number of hydrogen-bond acceptors (Lipinski definition) is 2. The van der Waals surface area contributed by atoms with Crippen molar-refractivity contribution in [1.82, 2.24) is 4.90 Å². The van der Waals surface area contributed by atoms with Crippen LogP contribution in [0.4, 0.5) is 4.39 Å². The minimum absolute atomic E-state index is 0.0584. The lowest BCUT2D eigenvalue weighted by Gasteiger charge is -2.29. The molecule has 0 saturated heterocycles. The van der Waals surface area contributed by atoms with Gasteiger partial charge in [0.2, 0.25) is 0 Å². The average Bonchev–Trinajstić information content (AvgIpc) is 2.49. The first-order chi connectivity index (χ1) is 10.0. The molecule has 0 aliphatic rings. The number of carbonyl (C=O) groups excluding carboxylic acids is 1. The molecule has 1 aromatic carbocycles. The van der Waals surface area contributed by atoms with Gasteiger partial charge in [0, 0.05) is 25.8 Å². The van der Waals surface area contributed by atoms with Gasteiger partial charge >= 0.3 is 0 Å². The van der Waals surface area contributed by atoms with Gasteiger partial charge in [-0.1, -0.05) is 45.4 Å². The van der Waals surface area contributed by atoms with E-state index in [1.54, 1.807) is 30.2 Å². The first-order valence-corrected chi connectivity index (χ1v) is 7.60. The van der Waals surface area contributed by atoms with Gasteiger partial charge in [0.1, 0.15) is 11.9 Å². The Morgan fingerprint density at radius 2 is 2.00 bits per heavy atom. The van der Waals surface area contributed by atoms with Crippen molar-refractivity contribution >= 4 is 5.91 Å². The maximum atomic E-state index is 13.8. The summed E-state index contributed by atoms with van der Waals surface area (Å²) in [6.45, 7) is 6.93. The lowest BCUT2D eigenvalue weighted by Crippen LogP contribution is -2.43. The van der Waals surface area contributed by atoms with E-state index in [4.69, 9.17) is 4.74 Å². The van der Waals surface area contributed by atoms with E-state index in [9.17, 15) is 9.18 Å². The summed E-state index contributed by atoms with van der Waals surface area (Å²) >= 11 is 0. The van der Waals surface area contributed by atoms with Crippen molar-refractivity contribution in [2.45, 2.75) is 46.3 Å². The zero-order valence-corrected chi connectivity index (χ0v) is 13.4. The van der Waals surface area contributed by atoms with Crippen LogP contribution in [-0.4, -0.2) is 30.6 Å². The van der Waals surface area contributed by atoms with E-state index in [1.165, 1.54) is 6.07 Å². The molecule has 21 heavy (non-hydrogen) atoms. The lowest BCUT2D eigenvalue weighted by atomic mass is 10.00. The zero-order chi connectivity index (χ0) is 15.8. The molecule has 1 aromatic rings. The number of benzene rings is 1. The van der Waals surface area contributed by atoms with E-state index in [0.29, 0.717) is 12.1 Å². The van der Waals surface area contributed by atoms with E-state index < -0.39 is 6.10 Å². The number of rotatable bonds is 8. The van der Waals surface area contributed by atoms with Gasteiger partial charge in [-0.15, -0.1) is 0 Å². The molecule has 0 radical (unpaired) electrons. The molecule has 1 rings (SSSR count). The molecule has 1 amide bonds. The summed E-state index contributed by atoms with van der Waals surface area (Å²) in [5.41, 5.74) is 0.540. The van der Waals surface area contributed by atoms with Crippen molar-refractivity contribution in [2.75, 3.05) is 13.7 Å². The number of methoxy groups -OCH3 is 1. The Hall–Kier alpha value is -1.42. The molecule has 2 atom stereocenters. The highest BCUT2D eigenvalue weighted by molar-refractivity contribution is 5.81. The zero-order valence-electron chi connectivity index (χ0n) is 13.4. The molecule has 118 valence electrons. The van der Waals surface area contributed by atoms with Crippen LogP contribution in [0.15, 0.2) is 24.3 Å². The molecule has 2 unspecified atom stereocenters. The fraction of sp³-hybridized carbons (Fsp3) is 0.588. The van der Waals surface area contributed by atoms with E-state index in [-0.39, 0.29) is 24.2 Å². The van der Waals surface area contributed by atoms with Crippen molar-refractivity contribution in [3.63, 3.8) is 0 Å². The Kier molecular flexibility index (Phi) is 7.37. The predicted octanol–water partition coefficient (Wildman–Crippen LogP) is 3.63. The van der Waals surface area contributed by atoms with Crippen LogP contribution in [0.2, 0.25) is 0 Å². The van der Waals surface area contributed by atoms with Gasteiger partial charge in [-0.2, -0.15) is 0 Å². The number of amides is 1. The largest absolute Gasteiger partial charge is 0.371 e.